The highest BCUT2D eigenvalue weighted by Crippen LogP contribution is 2.22. The molecule has 0 unspecified atom stereocenters. The fourth-order valence-electron chi connectivity index (χ4n) is 2.45. The van der Waals surface area contributed by atoms with E-state index in [2.05, 4.69) is 0 Å². The van der Waals surface area contributed by atoms with Gasteiger partial charge in [-0.3, -0.25) is 14.9 Å². The number of hydrogen-bond donors (Lipinski definition) is 3. The highest BCUT2D eigenvalue weighted by molar-refractivity contribution is 7.99. The fraction of sp³-hybridized carbons (Fsp3) is 0.529. The molecule has 26 heavy (non-hydrogen) atoms. The molecule has 0 heterocycles. The molecule has 0 amide bonds. The first kappa shape index (κ1) is 21.9. The van der Waals surface area contributed by atoms with E-state index in [1.165, 1.54) is 17.8 Å². The SMILES string of the molecule is O=C(O)C[C@@](O)(CSCCCCCCc1ccccc1[N+](=O)[O-])C(=O)O. The van der Waals surface area contributed by atoms with Crippen molar-refractivity contribution in [2.45, 2.75) is 44.1 Å². The molecule has 8 nitrogen and oxygen atoms in total. The number of nitro benzene ring substituents is 1. The van der Waals surface area contributed by atoms with Crippen molar-refractivity contribution < 1.29 is 29.8 Å². The van der Waals surface area contributed by atoms with Gasteiger partial charge in [-0.2, -0.15) is 11.8 Å². The number of carboxylic acids is 2. The highest BCUT2D eigenvalue weighted by atomic mass is 32.2. The lowest BCUT2D eigenvalue weighted by Crippen LogP contribution is -2.43. The van der Waals surface area contributed by atoms with Crippen molar-refractivity contribution in [3.63, 3.8) is 0 Å². The number of aliphatic carboxylic acids is 2. The first-order valence-corrected chi connectivity index (χ1v) is 9.39. The molecule has 144 valence electrons. The zero-order valence-corrected chi connectivity index (χ0v) is 15.1. The van der Waals surface area contributed by atoms with Crippen LogP contribution in [0.4, 0.5) is 5.69 Å². The Labute approximate surface area is 155 Å². The van der Waals surface area contributed by atoms with E-state index in [0.29, 0.717) is 17.7 Å². The molecule has 1 aromatic rings. The second kappa shape index (κ2) is 10.8. The van der Waals surface area contributed by atoms with Gasteiger partial charge in [0.15, 0.2) is 5.60 Å². The van der Waals surface area contributed by atoms with Crippen molar-refractivity contribution in [3.05, 3.63) is 39.9 Å². The lowest BCUT2D eigenvalue weighted by atomic mass is 10.0. The van der Waals surface area contributed by atoms with Crippen LogP contribution in [-0.2, 0) is 16.0 Å². The van der Waals surface area contributed by atoms with Gasteiger partial charge < -0.3 is 15.3 Å². The molecule has 3 N–H and O–H groups in total. The minimum Gasteiger partial charge on any atom is -0.481 e. The van der Waals surface area contributed by atoms with Crippen LogP contribution < -0.4 is 0 Å². The molecule has 9 heteroatoms. The molecule has 1 rings (SSSR count). The Balaban J connectivity index is 2.23. The van der Waals surface area contributed by atoms with E-state index < -0.39 is 24.0 Å². The number of benzene rings is 1. The van der Waals surface area contributed by atoms with Crippen LogP contribution in [0.25, 0.3) is 0 Å². The monoisotopic (exact) mass is 385 g/mol. The summed E-state index contributed by atoms with van der Waals surface area (Å²) in [6.07, 6.45) is 3.16. The number of aliphatic hydroxyl groups is 1. The lowest BCUT2D eigenvalue weighted by molar-refractivity contribution is -0.385. The van der Waals surface area contributed by atoms with Gasteiger partial charge in [0, 0.05) is 17.4 Å². The molecule has 0 spiro atoms. The minimum atomic E-state index is -2.25. The van der Waals surface area contributed by atoms with Crippen molar-refractivity contribution in [1.82, 2.24) is 0 Å². The number of unbranched alkanes of at least 4 members (excludes halogenated alkanes) is 3. The summed E-state index contributed by atoms with van der Waals surface area (Å²) in [6.45, 7) is 0. The Bertz CT molecular complexity index is 637. The quantitative estimate of drug-likeness (QED) is 0.268. The van der Waals surface area contributed by atoms with Crippen LogP contribution in [-0.4, -0.2) is 49.3 Å². The average molecular weight is 385 g/mol. The molecule has 0 saturated carbocycles. The van der Waals surface area contributed by atoms with E-state index in [4.69, 9.17) is 10.2 Å². The lowest BCUT2D eigenvalue weighted by Gasteiger charge is -2.20. The van der Waals surface area contributed by atoms with E-state index in [9.17, 15) is 24.8 Å². The second-order valence-corrected chi connectivity index (χ2v) is 7.12. The van der Waals surface area contributed by atoms with E-state index in [1.54, 1.807) is 18.2 Å². The molecule has 0 saturated heterocycles. The van der Waals surface area contributed by atoms with E-state index in [1.807, 2.05) is 0 Å². The first-order chi connectivity index (χ1) is 12.3. The Hall–Kier alpha value is -2.13. The van der Waals surface area contributed by atoms with Crippen LogP contribution in [0, 0.1) is 10.1 Å². The predicted octanol–water partition coefficient (Wildman–Crippen LogP) is 2.72. The van der Waals surface area contributed by atoms with E-state index in [0.717, 1.165) is 25.7 Å². The number of hydrogen-bond acceptors (Lipinski definition) is 6. The summed E-state index contributed by atoms with van der Waals surface area (Å²) in [5.41, 5.74) is -1.40. The average Bonchev–Trinajstić information content (AvgIpc) is 2.56. The predicted molar refractivity (Wildman–Crippen MR) is 97.4 cm³/mol. The standard InChI is InChI=1S/C17H23NO7S/c19-15(20)11-17(23,16(21)22)12-26-10-6-2-1-3-7-13-8-4-5-9-14(13)18(24)25/h4-5,8-9,23H,1-3,6-7,10-12H2,(H,19,20)(H,21,22)/t17-/m1/s1. The van der Waals surface area contributed by atoms with Crippen LogP contribution in [0.3, 0.4) is 0 Å². The zero-order chi connectivity index (χ0) is 19.6. The summed E-state index contributed by atoms with van der Waals surface area (Å²) in [5, 5.41) is 38.4. The zero-order valence-electron chi connectivity index (χ0n) is 14.3. The van der Waals surface area contributed by atoms with Crippen LogP contribution in [0.5, 0.6) is 0 Å². The van der Waals surface area contributed by atoms with Gasteiger partial charge in [0.2, 0.25) is 0 Å². The largest absolute Gasteiger partial charge is 0.481 e. The Kier molecular flexibility index (Phi) is 9.08. The summed E-state index contributed by atoms with van der Waals surface area (Å²) >= 11 is 1.21. The van der Waals surface area contributed by atoms with Crippen molar-refractivity contribution >= 4 is 29.4 Å². The molecule has 0 radical (unpaired) electrons. The number of thioether (sulfide) groups is 1. The van der Waals surface area contributed by atoms with Crippen molar-refractivity contribution in [1.29, 1.82) is 0 Å². The summed E-state index contributed by atoms with van der Waals surface area (Å²) in [6, 6.07) is 6.66. The van der Waals surface area contributed by atoms with Crippen LogP contribution >= 0.6 is 11.8 Å². The van der Waals surface area contributed by atoms with Crippen LogP contribution in [0.15, 0.2) is 24.3 Å². The Morgan fingerprint density at radius 3 is 2.38 bits per heavy atom. The number of aryl methyl sites for hydroxylation is 1. The molecular weight excluding hydrogens is 362 g/mol. The molecule has 0 bridgehead atoms. The minimum absolute atomic E-state index is 0.134. The normalized spacial score (nSPS) is 13.1. The van der Waals surface area contributed by atoms with Gasteiger partial charge in [-0.15, -0.1) is 0 Å². The maximum atomic E-state index is 11.0. The fourth-order valence-corrected chi connectivity index (χ4v) is 3.57. The number of carboxylic acid groups (broad SMARTS) is 2. The van der Waals surface area contributed by atoms with Crippen molar-refractivity contribution in [2.75, 3.05) is 11.5 Å². The summed E-state index contributed by atoms with van der Waals surface area (Å²) in [4.78, 5) is 32.2. The topological polar surface area (TPSA) is 138 Å². The van der Waals surface area contributed by atoms with Gasteiger partial charge in [-0.1, -0.05) is 31.0 Å². The molecule has 0 fully saturated rings. The summed E-state index contributed by atoms with van der Waals surface area (Å²) in [7, 11) is 0. The third-order valence-electron chi connectivity index (χ3n) is 3.86. The molecule has 1 atom stereocenters. The van der Waals surface area contributed by atoms with Crippen molar-refractivity contribution in [3.8, 4) is 0 Å². The van der Waals surface area contributed by atoms with E-state index in [-0.39, 0.29) is 16.4 Å². The maximum absolute atomic E-state index is 11.0. The maximum Gasteiger partial charge on any atom is 0.337 e. The van der Waals surface area contributed by atoms with Gasteiger partial charge in [-0.05, 0) is 25.0 Å². The third-order valence-corrected chi connectivity index (χ3v) is 5.11. The molecule has 1 aromatic carbocycles. The van der Waals surface area contributed by atoms with E-state index >= 15 is 0 Å². The highest BCUT2D eigenvalue weighted by Gasteiger charge is 2.38. The van der Waals surface area contributed by atoms with Gasteiger partial charge in [0.25, 0.3) is 5.69 Å². The molecule has 0 aromatic heterocycles. The summed E-state index contributed by atoms with van der Waals surface area (Å²) in [5.74, 6) is -2.45. The second-order valence-electron chi connectivity index (χ2n) is 6.01. The number of nitrogens with zero attached hydrogens (tertiary/aromatic N) is 1. The molecular formula is C17H23NO7S. The first-order valence-electron chi connectivity index (χ1n) is 8.24. The number of carbonyl (C=O) groups is 2. The smallest absolute Gasteiger partial charge is 0.337 e. The number of para-hydroxylation sites is 1. The van der Waals surface area contributed by atoms with Crippen LogP contribution in [0.1, 0.15) is 37.7 Å². The third kappa shape index (κ3) is 7.40. The van der Waals surface area contributed by atoms with Gasteiger partial charge in [0.05, 0.1) is 11.3 Å². The van der Waals surface area contributed by atoms with Gasteiger partial charge in [0.1, 0.15) is 0 Å². The number of nitro groups is 1. The van der Waals surface area contributed by atoms with Gasteiger partial charge >= 0.3 is 11.9 Å². The van der Waals surface area contributed by atoms with Gasteiger partial charge in [-0.25, -0.2) is 4.79 Å². The Morgan fingerprint density at radius 1 is 1.12 bits per heavy atom. The number of rotatable bonds is 13. The molecule has 0 aliphatic rings. The molecule has 0 aliphatic carbocycles. The Morgan fingerprint density at radius 2 is 1.77 bits per heavy atom. The van der Waals surface area contributed by atoms with Crippen LogP contribution in [0.2, 0.25) is 0 Å². The van der Waals surface area contributed by atoms with Crippen molar-refractivity contribution in [2.24, 2.45) is 0 Å². The summed E-state index contributed by atoms with van der Waals surface area (Å²) < 4.78 is 0. The molecule has 0 aliphatic heterocycles.